The molecule has 0 bridgehead atoms. The monoisotopic (exact) mass is 557 g/mol. The van der Waals surface area contributed by atoms with E-state index in [2.05, 4.69) is 10.3 Å². The van der Waals surface area contributed by atoms with Crippen LogP contribution in [0.2, 0.25) is 0 Å². The number of rotatable bonds is 7. The van der Waals surface area contributed by atoms with Gasteiger partial charge in [0.1, 0.15) is 23.8 Å². The van der Waals surface area contributed by atoms with Gasteiger partial charge in [0, 0.05) is 30.1 Å². The minimum Gasteiger partial charge on any atom is -0.480 e. The Hall–Kier alpha value is -4.86. The van der Waals surface area contributed by atoms with Crippen LogP contribution in [-0.2, 0) is 20.7 Å². The van der Waals surface area contributed by atoms with Crippen molar-refractivity contribution in [3.05, 3.63) is 83.7 Å². The molecule has 0 saturated heterocycles. The van der Waals surface area contributed by atoms with Crippen LogP contribution < -0.4 is 10.1 Å². The van der Waals surface area contributed by atoms with E-state index < -0.39 is 29.8 Å². The first-order valence-electron chi connectivity index (χ1n) is 13.2. The highest BCUT2D eigenvalue weighted by Crippen LogP contribution is 2.44. The van der Waals surface area contributed by atoms with Crippen LogP contribution in [-0.4, -0.2) is 58.2 Å². The van der Waals surface area contributed by atoms with Gasteiger partial charge < -0.3 is 24.6 Å². The van der Waals surface area contributed by atoms with Crippen molar-refractivity contribution in [2.24, 2.45) is 0 Å². The minimum atomic E-state index is -1.33. The summed E-state index contributed by atoms with van der Waals surface area (Å²) >= 11 is 0. The lowest BCUT2D eigenvalue weighted by Gasteiger charge is -2.20. The SMILES string of the molecule is COc1nccc2c(C[C@H](NC(=O)OCC3c4ccccc4-c4ccccc43)C(=O)O)cn(C(=O)OC(C)(C)C)c12. The van der Waals surface area contributed by atoms with E-state index in [0.717, 1.165) is 22.3 Å². The van der Waals surface area contributed by atoms with E-state index in [1.54, 1.807) is 26.8 Å². The number of carbonyl (C=O) groups is 3. The Bertz CT molecular complexity index is 1590. The minimum absolute atomic E-state index is 0.0486. The second-order valence-corrected chi connectivity index (χ2v) is 10.8. The van der Waals surface area contributed by atoms with Gasteiger partial charge in [-0.25, -0.2) is 23.9 Å². The third-order valence-corrected chi connectivity index (χ3v) is 6.90. The molecule has 0 saturated carbocycles. The van der Waals surface area contributed by atoms with E-state index >= 15 is 0 Å². The molecule has 0 aliphatic heterocycles. The van der Waals surface area contributed by atoms with Crippen molar-refractivity contribution in [2.45, 2.75) is 44.8 Å². The van der Waals surface area contributed by atoms with Crippen molar-refractivity contribution in [3.8, 4) is 17.0 Å². The summed E-state index contributed by atoms with van der Waals surface area (Å²) in [6, 6.07) is 16.2. The van der Waals surface area contributed by atoms with Gasteiger partial charge in [0.15, 0.2) is 0 Å². The molecule has 4 aromatic rings. The van der Waals surface area contributed by atoms with Crippen molar-refractivity contribution in [1.29, 1.82) is 0 Å². The van der Waals surface area contributed by atoms with E-state index in [9.17, 15) is 19.5 Å². The maximum atomic E-state index is 13.0. The van der Waals surface area contributed by atoms with Gasteiger partial charge in [-0.2, -0.15) is 0 Å². The Kier molecular flexibility index (Phi) is 7.40. The van der Waals surface area contributed by atoms with Crippen LogP contribution >= 0.6 is 0 Å². The molecule has 0 spiro atoms. The van der Waals surface area contributed by atoms with E-state index in [1.165, 1.54) is 24.1 Å². The van der Waals surface area contributed by atoms with E-state index in [0.29, 0.717) is 16.5 Å². The molecule has 1 aliphatic carbocycles. The molecular weight excluding hydrogens is 526 g/mol. The summed E-state index contributed by atoms with van der Waals surface area (Å²) in [5, 5.41) is 13.0. The Labute approximate surface area is 236 Å². The van der Waals surface area contributed by atoms with Crippen molar-refractivity contribution < 1.29 is 33.7 Å². The summed E-state index contributed by atoms with van der Waals surface area (Å²) in [5.41, 5.74) is 4.34. The average molecular weight is 558 g/mol. The van der Waals surface area contributed by atoms with Crippen LogP contribution in [0.4, 0.5) is 9.59 Å². The number of carboxylic acids is 1. The summed E-state index contributed by atoms with van der Waals surface area (Å²) in [7, 11) is 1.42. The van der Waals surface area contributed by atoms with Crippen molar-refractivity contribution in [2.75, 3.05) is 13.7 Å². The van der Waals surface area contributed by atoms with Gasteiger partial charge in [-0.15, -0.1) is 0 Å². The molecule has 2 aromatic heterocycles. The van der Waals surface area contributed by atoms with E-state index in [4.69, 9.17) is 14.2 Å². The highest BCUT2D eigenvalue weighted by atomic mass is 16.6. The molecule has 10 nitrogen and oxygen atoms in total. The second-order valence-electron chi connectivity index (χ2n) is 10.8. The summed E-state index contributed by atoms with van der Waals surface area (Å²) in [5.74, 6) is -1.24. The molecule has 0 unspecified atom stereocenters. The summed E-state index contributed by atoms with van der Waals surface area (Å²) in [4.78, 5) is 42.2. The normalized spacial score (nSPS) is 13.3. The predicted molar refractivity (Wildman–Crippen MR) is 151 cm³/mol. The molecule has 2 aromatic carbocycles. The number of hydrogen-bond donors (Lipinski definition) is 2. The number of nitrogens with one attached hydrogen (secondary N) is 1. The first kappa shape index (κ1) is 27.7. The van der Waals surface area contributed by atoms with Crippen LogP contribution in [0.25, 0.3) is 22.0 Å². The van der Waals surface area contributed by atoms with E-state index in [-0.39, 0.29) is 24.8 Å². The lowest BCUT2D eigenvalue weighted by molar-refractivity contribution is -0.139. The van der Waals surface area contributed by atoms with Crippen LogP contribution in [0.15, 0.2) is 67.0 Å². The summed E-state index contributed by atoms with van der Waals surface area (Å²) in [6.45, 7) is 5.27. The molecule has 2 heterocycles. The number of amides is 1. The smallest absolute Gasteiger partial charge is 0.419 e. The Morgan fingerprint density at radius 2 is 1.66 bits per heavy atom. The molecule has 1 atom stereocenters. The number of methoxy groups -OCH3 is 1. The first-order chi connectivity index (χ1) is 19.6. The van der Waals surface area contributed by atoms with Crippen molar-refractivity contribution >= 4 is 29.1 Å². The number of carbonyl (C=O) groups excluding carboxylic acids is 2. The Balaban J connectivity index is 1.35. The number of aromatic nitrogens is 2. The molecule has 1 aliphatic rings. The van der Waals surface area contributed by atoms with Gasteiger partial charge in [0.05, 0.1) is 7.11 Å². The molecule has 10 heteroatoms. The fourth-order valence-corrected chi connectivity index (χ4v) is 5.19. The fourth-order valence-electron chi connectivity index (χ4n) is 5.19. The second kappa shape index (κ2) is 11.0. The molecule has 212 valence electrons. The number of nitrogens with zero attached hydrogens (tertiary/aromatic N) is 2. The molecular formula is C31H31N3O7. The lowest BCUT2D eigenvalue weighted by atomic mass is 9.98. The van der Waals surface area contributed by atoms with Gasteiger partial charge in [-0.3, -0.25) is 0 Å². The van der Waals surface area contributed by atoms with Gasteiger partial charge >= 0.3 is 18.2 Å². The standard InChI is InChI=1S/C31H31N3O7/c1-31(2,3)41-30(38)34-16-18(19-13-14-32-27(39-4)26(19)34)15-25(28(35)36)33-29(37)40-17-24-22-11-7-5-9-20(22)21-10-6-8-12-23(21)24/h5-14,16,24-25H,15,17H2,1-4H3,(H,33,37)(H,35,36)/t25-/m0/s1. The number of hydrogen-bond acceptors (Lipinski definition) is 7. The molecule has 5 rings (SSSR count). The molecule has 0 radical (unpaired) electrons. The Morgan fingerprint density at radius 1 is 1.02 bits per heavy atom. The van der Waals surface area contributed by atoms with Crippen LogP contribution in [0, 0.1) is 0 Å². The number of benzene rings is 2. The molecule has 1 amide bonds. The first-order valence-corrected chi connectivity index (χ1v) is 13.2. The van der Waals surface area contributed by atoms with Gasteiger partial charge in [0.25, 0.3) is 0 Å². The number of pyridine rings is 1. The summed E-state index contributed by atoms with van der Waals surface area (Å²) < 4.78 is 17.7. The zero-order chi connectivity index (χ0) is 29.3. The zero-order valence-corrected chi connectivity index (χ0v) is 23.2. The van der Waals surface area contributed by atoms with E-state index in [1.807, 2.05) is 48.5 Å². The lowest BCUT2D eigenvalue weighted by Crippen LogP contribution is -2.42. The maximum absolute atomic E-state index is 13.0. The quantitative estimate of drug-likeness (QED) is 0.311. The van der Waals surface area contributed by atoms with Crippen LogP contribution in [0.1, 0.15) is 43.4 Å². The number of carboxylic acid groups (broad SMARTS) is 1. The maximum Gasteiger partial charge on any atom is 0.419 e. The van der Waals surface area contributed by atoms with Crippen LogP contribution in [0.5, 0.6) is 5.88 Å². The topological polar surface area (TPSA) is 129 Å². The third-order valence-electron chi connectivity index (χ3n) is 6.90. The fraction of sp³-hybridized carbons (Fsp3) is 0.290. The third kappa shape index (κ3) is 5.58. The van der Waals surface area contributed by atoms with Gasteiger partial charge in [0.2, 0.25) is 5.88 Å². The number of fused-ring (bicyclic) bond motifs is 4. The Morgan fingerprint density at radius 3 is 2.24 bits per heavy atom. The molecule has 41 heavy (non-hydrogen) atoms. The average Bonchev–Trinajstić information content (AvgIpc) is 3.46. The highest BCUT2D eigenvalue weighted by molar-refractivity contribution is 5.95. The highest BCUT2D eigenvalue weighted by Gasteiger charge is 2.31. The zero-order valence-electron chi connectivity index (χ0n) is 23.2. The number of alkyl carbamates (subject to hydrolysis) is 1. The largest absolute Gasteiger partial charge is 0.480 e. The number of ether oxygens (including phenoxy) is 3. The number of aliphatic carboxylic acids is 1. The van der Waals surface area contributed by atoms with Crippen molar-refractivity contribution in [1.82, 2.24) is 14.9 Å². The summed E-state index contributed by atoms with van der Waals surface area (Å²) in [6.07, 6.45) is 1.33. The van der Waals surface area contributed by atoms with Gasteiger partial charge in [-0.05, 0) is 54.7 Å². The van der Waals surface area contributed by atoms with Gasteiger partial charge in [-0.1, -0.05) is 48.5 Å². The molecule has 0 fully saturated rings. The van der Waals surface area contributed by atoms with Crippen molar-refractivity contribution in [3.63, 3.8) is 0 Å². The van der Waals surface area contributed by atoms with Crippen LogP contribution in [0.3, 0.4) is 0 Å². The predicted octanol–water partition coefficient (Wildman–Crippen LogP) is 5.36. The molecule has 2 N–H and O–H groups in total.